The summed E-state index contributed by atoms with van der Waals surface area (Å²) >= 11 is 0. The van der Waals surface area contributed by atoms with Gasteiger partial charge in [0.2, 0.25) is 11.8 Å². The van der Waals surface area contributed by atoms with E-state index >= 15 is 0 Å². The Morgan fingerprint density at radius 2 is 1.95 bits per heavy atom. The Morgan fingerprint density at radius 1 is 1.18 bits per heavy atom. The number of rotatable bonds is 3. The molecule has 1 saturated heterocycles. The molecule has 1 aromatic heterocycles. The maximum absolute atomic E-state index is 12.7. The van der Waals surface area contributed by atoms with Crippen molar-refractivity contribution in [1.29, 1.82) is 0 Å². The minimum atomic E-state index is -0.523. The van der Waals surface area contributed by atoms with Gasteiger partial charge in [-0.15, -0.1) is 0 Å². The fraction of sp³-hybridized carbons (Fsp3) is 0.235. The van der Waals surface area contributed by atoms with Crippen LogP contribution in [-0.2, 0) is 9.59 Å². The molecule has 0 spiro atoms. The van der Waals surface area contributed by atoms with E-state index in [2.05, 4.69) is 4.98 Å². The number of hydrogen-bond donors (Lipinski definition) is 0. The van der Waals surface area contributed by atoms with Crippen molar-refractivity contribution in [2.45, 2.75) is 19.3 Å². The second kappa shape index (κ2) is 5.60. The largest absolute Gasteiger partial charge is 0.496 e. The van der Waals surface area contributed by atoms with E-state index in [-0.39, 0.29) is 18.2 Å². The fourth-order valence-electron chi connectivity index (χ4n) is 2.76. The van der Waals surface area contributed by atoms with E-state index in [9.17, 15) is 9.59 Å². The normalized spacial score (nSPS) is 17.9. The van der Waals surface area contributed by atoms with Crippen molar-refractivity contribution in [2.24, 2.45) is 0 Å². The topological polar surface area (TPSA) is 59.5 Å². The van der Waals surface area contributed by atoms with E-state index in [0.29, 0.717) is 11.6 Å². The van der Waals surface area contributed by atoms with Crippen molar-refractivity contribution in [3.8, 4) is 5.75 Å². The molecule has 1 aliphatic heterocycles. The molecule has 2 heterocycles. The summed E-state index contributed by atoms with van der Waals surface area (Å²) in [4.78, 5) is 30.5. The summed E-state index contributed by atoms with van der Waals surface area (Å²) in [5.74, 6) is 0.0206. The third-order valence-corrected chi connectivity index (χ3v) is 3.85. The molecule has 0 bridgehead atoms. The number of aryl methyl sites for hydroxylation is 1. The molecular weight excluding hydrogens is 280 g/mol. The number of carbonyl (C=O) groups excluding carboxylic acids is 2. The van der Waals surface area contributed by atoms with Crippen LogP contribution in [0.4, 0.5) is 5.82 Å². The summed E-state index contributed by atoms with van der Waals surface area (Å²) in [5, 5.41) is 0. The molecule has 5 nitrogen and oxygen atoms in total. The average molecular weight is 296 g/mol. The minimum absolute atomic E-state index is 0.134. The number of methoxy groups -OCH3 is 1. The van der Waals surface area contributed by atoms with Gasteiger partial charge >= 0.3 is 0 Å². The predicted molar refractivity (Wildman–Crippen MR) is 81.8 cm³/mol. The maximum Gasteiger partial charge on any atom is 0.243 e. The molecule has 3 rings (SSSR count). The Hall–Kier alpha value is -2.69. The molecule has 2 amide bonds. The minimum Gasteiger partial charge on any atom is -0.496 e. The standard InChI is InChI=1S/C17H16N2O3/c1-11-6-5-9-18-16(11)19-15(20)10-13(17(19)21)12-7-3-4-8-14(12)22-2/h3-9,13H,10H2,1-2H3. The lowest BCUT2D eigenvalue weighted by Crippen LogP contribution is -2.31. The lowest BCUT2D eigenvalue weighted by Gasteiger charge is -2.17. The van der Waals surface area contributed by atoms with Crippen LogP contribution >= 0.6 is 0 Å². The number of carbonyl (C=O) groups is 2. The van der Waals surface area contributed by atoms with Crippen LogP contribution in [0.3, 0.4) is 0 Å². The number of nitrogens with zero attached hydrogens (tertiary/aromatic N) is 2. The quantitative estimate of drug-likeness (QED) is 0.816. The molecule has 1 aromatic carbocycles. The number of benzene rings is 1. The summed E-state index contributed by atoms with van der Waals surface area (Å²) in [6.45, 7) is 1.83. The zero-order chi connectivity index (χ0) is 15.7. The van der Waals surface area contributed by atoms with E-state index in [4.69, 9.17) is 4.74 Å². The number of imide groups is 1. The Balaban J connectivity index is 2.00. The first-order valence-corrected chi connectivity index (χ1v) is 7.05. The van der Waals surface area contributed by atoms with Gasteiger partial charge in [0.1, 0.15) is 11.6 Å². The molecule has 0 N–H and O–H groups in total. The van der Waals surface area contributed by atoms with Crippen molar-refractivity contribution in [2.75, 3.05) is 12.0 Å². The molecule has 1 atom stereocenters. The van der Waals surface area contributed by atoms with Crippen LogP contribution in [0.5, 0.6) is 5.75 Å². The summed E-state index contributed by atoms with van der Waals surface area (Å²) < 4.78 is 5.31. The molecule has 1 aliphatic rings. The van der Waals surface area contributed by atoms with E-state index in [1.54, 1.807) is 25.4 Å². The number of amides is 2. The number of ether oxygens (including phenoxy) is 1. The van der Waals surface area contributed by atoms with Crippen LogP contribution in [0.25, 0.3) is 0 Å². The maximum atomic E-state index is 12.7. The number of hydrogen-bond acceptors (Lipinski definition) is 4. The zero-order valence-corrected chi connectivity index (χ0v) is 12.4. The zero-order valence-electron chi connectivity index (χ0n) is 12.4. The summed E-state index contributed by atoms with van der Waals surface area (Å²) in [5.41, 5.74) is 1.53. The SMILES string of the molecule is COc1ccccc1C1CC(=O)N(c2ncccc2C)C1=O. The Morgan fingerprint density at radius 3 is 2.68 bits per heavy atom. The molecule has 112 valence electrons. The van der Waals surface area contributed by atoms with Crippen LogP contribution in [0.1, 0.15) is 23.5 Å². The van der Waals surface area contributed by atoms with E-state index < -0.39 is 5.92 Å². The molecule has 0 radical (unpaired) electrons. The van der Waals surface area contributed by atoms with Gasteiger partial charge in [0.15, 0.2) is 0 Å². The smallest absolute Gasteiger partial charge is 0.243 e. The second-order valence-corrected chi connectivity index (χ2v) is 5.21. The molecule has 2 aromatic rings. The number of pyridine rings is 1. The van der Waals surface area contributed by atoms with Gasteiger partial charge < -0.3 is 4.74 Å². The molecule has 5 heteroatoms. The summed E-state index contributed by atoms with van der Waals surface area (Å²) in [6.07, 6.45) is 1.72. The predicted octanol–water partition coefficient (Wildman–Crippen LogP) is 2.45. The molecule has 1 unspecified atom stereocenters. The van der Waals surface area contributed by atoms with Crippen molar-refractivity contribution in [1.82, 2.24) is 4.98 Å². The molecule has 22 heavy (non-hydrogen) atoms. The monoisotopic (exact) mass is 296 g/mol. The highest BCUT2D eigenvalue weighted by molar-refractivity contribution is 6.22. The van der Waals surface area contributed by atoms with Crippen molar-refractivity contribution >= 4 is 17.6 Å². The van der Waals surface area contributed by atoms with Crippen LogP contribution in [0.15, 0.2) is 42.6 Å². The van der Waals surface area contributed by atoms with E-state index in [1.807, 2.05) is 31.2 Å². The van der Waals surface area contributed by atoms with Gasteiger partial charge in [-0.3, -0.25) is 9.59 Å². The van der Waals surface area contributed by atoms with Gasteiger partial charge in [0.25, 0.3) is 0 Å². The van der Waals surface area contributed by atoms with Crippen LogP contribution < -0.4 is 9.64 Å². The Kier molecular flexibility index (Phi) is 3.63. The molecule has 0 aliphatic carbocycles. The van der Waals surface area contributed by atoms with Crippen LogP contribution in [0, 0.1) is 6.92 Å². The third-order valence-electron chi connectivity index (χ3n) is 3.85. The number of aromatic nitrogens is 1. The summed E-state index contributed by atoms with van der Waals surface area (Å²) in [6, 6.07) is 10.9. The first-order valence-electron chi connectivity index (χ1n) is 7.05. The van der Waals surface area contributed by atoms with Gasteiger partial charge in [-0.1, -0.05) is 24.3 Å². The fourth-order valence-corrected chi connectivity index (χ4v) is 2.76. The van der Waals surface area contributed by atoms with Gasteiger partial charge in [-0.25, -0.2) is 9.88 Å². The average Bonchev–Trinajstić information content (AvgIpc) is 2.83. The summed E-state index contributed by atoms with van der Waals surface area (Å²) in [7, 11) is 1.56. The Bertz CT molecular complexity index is 742. The number of anilines is 1. The molecule has 0 saturated carbocycles. The molecular formula is C17H16N2O3. The van der Waals surface area contributed by atoms with Gasteiger partial charge in [-0.2, -0.15) is 0 Å². The highest BCUT2D eigenvalue weighted by Crippen LogP contribution is 2.37. The first kappa shape index (κ1) is 14.3. The lowest BCUT2D eigenvalue weighted by molar-refractivity contribution is -0.121. The number of para-hydroxylation sites is 1. The van der Waals surface area contributed by atoms with Gasteiger partial charge in [0, 0.05) is 18.2 Å². The highest BCUT2D eigenvalue weighted by Gasteiger charge is 2.42. The van der Waals surface area contributed by atoms with Crippen LogP contribution in [-0.4, -0.2) is 23.9 Å². The first-order chi connectivity index (χ1) is 10.6. The third kappa shape index (κ3) is 2.24. The second-order valence-electron chi connectivity index (χ2n) is 5.21. The highest BCUT2D eigenvalue weighted by atomic mass is 16.5. The Labute approximate surface area is 128 Å². The van der Waals surface area contributed by atoms with E-state index in [0.717, 1.165) is 11.1 Å². The molecule has 1 fully saturated rings. The van der Waals surface area contributed by atoms with Crippen molar-refractivity contribution < 1.29 is 14.3 Å². The van der Waals surface area contributed by atoms with Crippen LogP contribution in [0.2, 0.25) is 0 Å². The lowest BCUT2D eigenvalue weighted by atomic mass is 9.96. The van der Waals surface area contributed by atoms with Crippen molar-refractivity contribution in [3.05, 3.63) is 53.7 Å². The van der Waals surface area contributed by atoms with Gasteiger partial charge in [0.05, 0.1) is 13.0 Å². The van der Waals surface area contributed by atoms with Crippen molar-refractivity contribution in [3.63, 3.8) is 0 Å². The van der Waals surface area contributed by atoms with E-state index in [1.165, 1.54) is 4.90 Å². The van der Waals surface area contributed by atoms with Gasteiger partial charge in [-0.05, 0) is 24.6 Å².